The molecule has 0 aromatic carbocycles. The molecular formula is C11H16N4S. The van der Waals surface area contributed by atoms with Gasteiger partial charge in [-0.3, -0.25) is 0 Å². The molecule has 1 N–H and O–H groups in total. The summed E-state index contributed by atoms with van der Waals surface area (Å²) in [7, 11) is 0. The summed E-state index contributed by atoms with van der Waals surface area (Å²) in [4.78, 5) is 8.57. The maximum atomic E-state index is 4.36. The lowest BCUT2D eigenvalue weighted by molar-refractivity contribution is 1.02. The predicted octanol–water partition coefficient (Wildman–Crippen LogP) is 2.39. The third kappa shape index (κ3) is 3.20. The Kier molecular flexibility index (Phi) is 3.77. The molecule has 1 saturated heterocycles. The van der Waals surface area contributed by atoms with Crippen LogP contribution in [0.15, 0.2) is 11.2 Å². The second-order valence-corrected chi connectivity index (χ2v) is 5.10. The maximum absolute atomic E-state index is 4.36. The number of aromatic nitrogens is 2. The molecular weight excluding hydrogens is 220 g/mol. The lowest BCUT2D eigenvalue weighted by Crippen LogP contribution is -2.11. The number of hydrogen-bond donors (Lipinski definition) is 1. The minimum Gasteiger partial charge on any atom is -0.245 e. The molecule has 5 heteroatoms. The fraction of sp³-hybridized carbons (Fsp3) is 0.545. The van der Waals surface area contributed by atoms with Crippen LogP contribution in [0.2, 0.25) is 0 Å². The predicted molar refractivity (Wildman–Crippen MR) is 69.1 cm³/mol. The van der Waals surface area contributed by atoms with Gasteiger partial charge in [-0.05, 0) is 44.3 Å². The highest BCUT2D eigenvalue weighted by Gasteiger charge is 2.07. The summed E-state index contributed by atoms with van der Waals surface area (Å²) in [6.45, 7) is 3.93. The van der Waals surface area contributed by atoms with Gasteiger partial charge in [0.05, 0.1) is 0 Å². The first kappa shape index (κ1) is 11.4. The van der Waals surface area contributed by atoms with Crippen LogP contribution in [0.25, 0.3) is 0 Å². The van der Waals surface area contributed by atoms with Crippen LogP contribution < -0.4 is 5.43 Å². The molecule has 0 spiro atoms. The standard InChI is InChI=1S/C11H16N4S/c1-8-7-9(2)13-11(12-8)15-14-10-3-5-16-6-4-10/h7H,3-6H2,1-2H3,(H,12,13,15). The van der Waals surface area contributed by atoms with E-state index in [2.05, 4.69) is 20.5 Å². The fourth-order valence-corrected chi connectivity index (χ4v) is 2.59. The van der Waals surface area contributed by atoms with Crippen LogP contribution in [0.4, 0.5) is 5.95 Å². The summed E-state index contributed by atoms with van der Waals surface area (Å²) >= 11 is 1.99. The van der Waals surface area contributed by atoms with Gasteiger partial charge in [0.2, 0.25) is 5.95 Å². The Morgan fingerprint density at radius 3 is 2.44 bits per heavy atom. The molecule has 16 heavy (non-hydrogen) atoms. The van der Waals surface area contributed by atoms with E-state index in [4.69, 9.17) is 0 Å². The topological polar surface area (TPSA) is 50.2 Å². The molecule has 0 radical (unpaired) electrons. The Morgan fingerprint density at radius 1 is 1.19 bits per heavy atom. The third-order valence-electron chi connectivity index (χ3n) is 2.37. The first-order valence-corrected chi connectivity index (χ1v) is 6.61. The number of nitrogens with one attached hydrogen (secondary N) is 1. The summed E-state index contributed by atoms with van der Waals surface area (Å²) in [6, 6.07) is 1.95. The number of hydrazone groups is 1. The Balaban J connectivity index is 2.03. The minimum atomic E-state index is 0.600. The van der Waals surface area contributed by atoms with Crippen molar-refractivity contribution in [2.24, 2.45) is 5.10 Å². The van der Waals surface area contributed by atoms with Crippen LogP contribution >= 0.6 is 11.8 Å². The molecule has 0 unspecified atom stereocenters. The highest BCUT2D eigenvalue weighted by atomic mass is 32.2. The van der Waals surface area contributed by atoms with E-state index in [1.807, 2.05) is 31.7 Å². The third-order valence-corrected chi connectivity index (χ3v) is 3.35. The van der Waals surface area contributed by atoms with Crippen molar-refractivity contribution < 1.29 is 0 Å². The van der Waals surface area contributed by atoms with Crippen molar-refractivity contribution in [2.45, 2.75) is 26.7 Å². The summed E-state index contributed by atoms with van der Waals surface area (Å²) in [6.07, 6.45) is 2.14. The van der Waals surface area contributed by atoms with E-state index in [9.17, 15) is 0 Å². The monoisotopic (exact) mass is 236 g/mol. The lowest BCUT2D eigenvalue weighted by Gasteiger charge is -2.12. The highest BCUT2D eigenvalue weighted by Crippen LogP contribution is 2.14. The summed E-state index contributed by atoms with van der Waals surface area (Å²) in [5.41, 5.74) is 6.11. The molecule has 1 aliphatic rings. The number of aryl methyl sites for hydroxylation is 2. The first-order chi connectivity index (χ1) is 7.74. The van der Waals surface area contributed by atoms with Gasteiger partial charge in [-0.15, -0.1) is 0 Å². The van der Waals surface area contributed by atoms with Crippen molar-refractivity contribution in [3.8, 4) is 0 Å². The molecule has 1 aromatic rings. The van der Waals surface area contributed by atoms with Gasteiger partial charge in [0, 0.05) is 17.1 Å². The molecule has 1 aromatic heterocycles. The fourth-order valence-electron chi connectivity index (χ4n) is 1.62. The zero-order valence-electron chi connectivity index (χ0n) is 9.66. The largest absolute Gasteiger partial charge is 0.245 e. The van der Waals surface area contributed by atoms with Gasteiger partial charge in [0.1, 0.15) is 0 Å². The van der Waals surface area contributed by atoms with Gasteiger partial charge < -0.3 is 0 Å². The van der Waals surface area contributed by atoms with Crippen molar-refractivity contribution in [3.63, 3.8) is 0 Å². The van der Waals surface area contributed by atoms with E-state index in [0.717, 1.165) is 24.2 Å². The second kappa shape index (κ2) is 5.30. The molecule has 0 bridgehead atoms. The second-order valence-electron chi connectivity index (χ2n) is 3.88. The van der Waals surface area contributed by atoms with Gasteiger partial charge in [-0.1, -0.05) is 0 Å². The van der Waals surface area contributed by atoms with Gasteiger partial charge in [0.25, 0.3) is 0 Å². The lowest BCUT2D eigenvalue weighted by atomic mass is 10.2. The highest BCUT2D eigenvalue weighted by molar-refractivity contribution is 7.99. The molecule has 1 aliphatic heterocycles. The molecule has 86 valence electrons. The molecule has 2 heterocycles. The Morgan fingerprint density at radius 2 is 1.81 bits per heavy atom. The van der Waals surface area contributed by atoms with E-state index in [1.165, 1.54) is 17.2 Å². The number of rotatable bonds is 2. The molecule has 0 atom stereocenters. The van der Waals surface area contributed by atoms with Gasteiger partial charge >= 0.3 is 0 Å². The minimum absolute atomic E-state index is 0.600. The molecule has 1 fully saturated rings. The molecule has 0 amide bonds. The molecule has 4 nitrogen and oxygen atoms in total. The van der Waals surface area contributed by atoms with Gasteiger partial charge in [0.15, 0.2) is 0 Å². The SMILES string of the molecule is Cc1cc(C)nc(NN=C2CCSCC2)n1. The van der Waals surface area contributed by atoms with Crippen molar-refractivity contribution >= 4 is 23.4 Å². The van der Waals surface area contributed by atoms with Crippen LogP contribution in [0.5, 0.6) is 0 Å². The first-order valence-electron chi connectivity index (χ1n) is 5.45. The van der Waals surface area contributed by atoms with E-state index in [0.29, 0.717) is 5.95 Å². The Bertz CT molecular complexity index is 375. The van der Waals surface area contributed by atoms with E-state index in [1.54, 1.807) is 0 Å². The number of hydrogen-bond acceptors (Lipinski definition) is 5. The number of nitrogens with zero attached hydrogens (tertiary/aromatic N) is 3. The molecule has 2 rings (SSSR count). The average Bonchev–Trinajstić information content (AvgIpc) is 2.27. The Hall–Kier alpha value is -1.10. The Labute approximate surface area is 100.0 Å². The number of anilines is 1. The molecule has 0 saturated carbocycles. The van der Waals surface area contributed by atoms with Crippen molar-refractivity contribution in [1.82, 2.24) is 9.97 Å². The maximum Gasteiger partial charge on any atom is 0.243 e. The summed E-state index contributed by atoms with van der Waals surface area (Å²) in [5.74, 6) is 2.95. The zero-order valence-corrected chi connectivity index (χ0v) is 10.5. The van der Waals surface area contributed by atoms with Crippen LogP contribution in [0.1, 0.15) is 24.2 Å². The number of thioether (sulfide) groups is 1. The van der Waals surface area contributed by atoms with Crippen LogP contribution in [-0.4, -0.2) is 27.2 Å². The normalized spacial score (nSPS) is 16.0. The van der Waals surface area contributed by atoms with Crippen molar-refractivity contribution in [2.75, 3.05) is 16.9 Å². The van der Waals surface area contributed by atoms with Crippen LogP contribution in [-0.2, 0) is 0 Å². The summed E-state index contributed by atoms with van der Waals surface area (Å²) < 4.78 is 0. The van der Waals surface area contributed by atoms with E-state index >= 15 is 0 Å². The summed E-state index contributed by atoms with van der Waals surface area (Å²) in [5, 5.41) is 4.36. The smallest absolute Gasteiger partial charge is 0.243 e. The average molecular weight is 236 g/mol. The quantitative estimate of drug-likeness (QED) is 0.801. The van der Waals surface area contributed by atoms with E-state index in [-0.39, 0.29) is 0 Å². The zero-order chi connectivity index (χ0) is 11.4. The van der Waals surface area contributed by atoms with Crippen LogP contribution in [0.3, 0.4) is 0 Å². The van der Waals surface area contributed by atoms with Crippen molar-refractivity contribution in [3.05, 3.63) is 17.5 Å². The van der Waals surface area contributed by atoms with Crippen molar-refractivity contribution in [1.29, 1.82) is 0 Å². The van der Waals surface area contributed by atoms with Gasteiger partial charge in [-0.2, -0.15) is 16.9 Å². The van der Waals surface area contributed by atoms with Crippen LogP contribution in [0, 0.1) is 13.8 Å². The molecule has 0 aliphatic carbocycles. The van der Waals surface area contributed by atoms with Gasteiger partial charge in [-0.25, -0.2) is 15.4 Å². The van der Waals surface area contributed by atoms with E-state index < -0.39 is 0 Å².